The molecule has 0 spiro atoms. The first-order valence-electron chi connectivity index (χ1n) is 5.31. The molecule has 5 nitrogen and oxygen atoms in total. The van der Waals surface area contributed by atoms with Gasteiger partial charge in [-0.3, -0.25) is 9.59 Å². The normalized spacial score (nSPS) is 12.0. The van der Waals surface area contributed by atoms with Gasteiger partial charge in [-0.15, -0.1) is 0 Å². The molecule has 0 aromatic rings. The Bertz CT molecular complexity index is 211. The van der Waals surface area contributed by atoms with Crippen LogP contribution in [0.5, 0.6) is 0 Å². The minimum atomic E-state index is -0.639. The van der Waals surface area contributed by atoms with Crippen LogP contribution in [0.3, 0.4) is 0 Å². The van der Waals surface area contributed by atoms with Crippen molar-refractivity contribution in [2.24, 2.45) is 0 Å². The van der Waals surface area contributed by atoms with Crippen molar-refractivity contribution in [1.29, 1.82) is 0 Å². The lowest BCUT2D eigenvalue weighted by Gasteiger charge is -2.20. The quantitative estimate of drug-likeness (QED) is 0.622. The Labute approximate surface area is 90.5 Å². The molecule has 0 aromatic heterocycles. The van der Waals surface area contributed by atoms with Crippen molar-refractivity contribution in [3.63, 3.8) is 0 Å². The van der Waals surface area contributed by atoms with Gasteiger partial charge in [0.2, 0.25) is 0 Å². The molecule has 0 saturated carbocycles. The van der Waals surface area contributed by atoms with Crippen LogP contribution in [-0.2, 0) is 9.59 Å². The van der Waals surface area contributed by atoms with E-state index >= 15 is 0 Å². The molecule has 0 fully saturated rings. The number of nitrogens with one attached hydrogen (secondary N) is 1. The molecule has 2 amide bonds. The van der Waals surface area contributed by atoms with E-state index in [0.717, 1.165) is 0 Å². The third-order valence-corrected chi connectivity index (χ3v) is 2.29. The van der Waals surface area contributed by atoms with Gasteiger partial charge in [-0.05, 0) is 20.3 Å². The molecule has 0 aromatic carbocycles. The Kier molecular flexibility index (Phi) is 6.70. The highest BCUT2D eigenvalue weighted by Gasteiger charge is 2.21. The second kappa shape index (κ2) is 7.23. The van der Waals surface area contributed by atoms with Crippen molar-refractivity contribution in [2.45, 2.75) is 33.2 Å². The molecule has 2 N–H and O–H groups in total. The second-order valence-corrected chi connectivity index (χ2v) is 3.24. The summed E-state index contributed by atoms with van der Waals surface area (Å²) in [5.41, 5.74) is 0. The summed E-state index contributed by atoms with van der Waals surface area (Å²) in [6.07, 6.45) is 0.605. The molecule has 15 heavy (non-hydrogen) atoms. The number of hydrogen-bond acceptors (Lipinski definition) is 3. The lowest BCUT2D eigenvalue weighted by atomic mass is 10.2. The highest BCUT2D eigenvalue weighted by molar-refractivity contribution is 6.35. The highest BCUT2D eigenvalue weighted by atomic mass is 16.3. The zero-order valence-corrected chi connectivity index (χ0v) is 9.62. The van der Waals surface area contributed by atoms with Gasteiger partial charge in [0.05, 0.1) is 12.6 Å². The standard InChI is InChI=1S/C10H20N2O3/c1-4-8(7-13)11-9(14)10(15)12(5-2)6-3/h8,13H,4-7H2,1-3H3,(H,11,14). The maximum atomic E-state index is 11.5. The molecule has 0 heterocycles. The van der Waals surface area contributed by atoms with E-state index in [2.05, 4.69) is 5.32 Å². The smallest absolute Gasteiger partial charge is 0.311 e. The van der Waals surface area contributed by atoms with Crippen LogP contribution >= 0.6 is 0 Å². The first kappa shape index (κ1) is 13.9. The molecule has 0 saturated heterocycles. The summed E-state index contributed by atoms with van der Waals surface area (Å²) in [4.78, 5) is 24.4. The van der Waals surface area contributed by atoms with Gasteiger partial charge >= 0.3 is 11.8 Å². The van der Waals surface area contributed by atoms with Gasteiger partial charge in [-0.1, -0.05) is 6.92 Å². The predicted octanol–water partition coefficient (Wildman–Crippen LogP) is -0.258. The third-order valence-electron chi connectivity index (χ3n) is 2.29. The summed E-state index contributed by atoms with van der Waals surface area (Å²) in [6.45, 7) is 6.35. The van der Waals surface area contributed by atoms with Gasteiger partial charge < -0.3 is 15.3 Å². The number of nitrogens with zero attached hydrogens (tertiary/aromatic N) is 1. The van der Waals surface area contributed by atoms with E-state index in [9.17, 15) is 9.59 Å². The highest BCUT2D eigenvalue weighted by Crippen LogP contribution is 1.93. The summed E-state index contributed by atoms with van der Waals surface area (Å²) in [7, 11) is 0. The molecule has 0 aliphatic rings. The lowest BCUT2D eigenvalue weighted by molar-refractivity contribution is -0.146. The third kappa shape index (κ3) is 4.29. The molecule has 0 aliphatic carbocycles. The molecule has 1 unspecified atom stereocenters. The number of carbonyl (C=O) groups excluding carboxylic acids is 2. The predicted molar refractivity (Wildman–Crippen MR) is 57.2 cm³/mol. The van der Waals surface area contributed by atoms with E-state index in [0.29, 0.717) is 19.5 Å². The van der Waals surface area contributed by atoms with Crippen molar-refractivity contribution >= 4 is 11.8 Å². The Morgan fingerprint density at radius 3 is 2.13 bits per heavy atom. The van der Waals surface area contributed by atoms with Crippen molar-refractivity contribution in [2.75, 3.05) is 19.7 Å². The average Bonchev–Trinajstić information content (AvgIpc) is 2.26. The fourth-order valence-electron chi connectivity index (χ4n) is 1.18. The van der Waals surface area contributed by atoms with Crippen LogP contribution in [0.25, 0.3) is 0 Å². The van der Waals surface area contributed by atoms with Crippen LogP contribution in [0.1, 0.15) is 27.2 Å². The molecule has 0 rings (SSSR count). The van der Waals surface area contributed by atoms with Gasteiger partial charge in [0.15, 0.2) is 0 Å². The Hall–Kier alpha value is -1.10. The van der Waals surface area contributed by atoms with E-state index in [-0.39, 0.29) is 12.6 Å². The van der Waals surface area contributed by atoms with E-state index in [1.165, 1.54) is 4.90 Å². The van der Waals surface area contributed by atoms with Gasteiger partial charge in [0.25, 0.3) is 0 Å². The summed E-state index contributed by atoms with van der Waals surface area (Å²) in [5, 5.41) is 11.4. The van der Waals surface area contributed by atoms with Crippen LogP contribution in [-0.4, -0.2) is 47.6 Å². The fourth-order valence-corrected chi connectivity index (χ4v) is 1.18. The van der Waals surface area contributed by atoms with E-state index < -0.39 is 11.8 Å². The molecule has 1 atom stereocenters. The summed E-state index contributed by atoms with van der Waals surface area (Å²) < 4.78 is 0. The number of hydrogen-bond donors (Lipinski definition) is 2. The van der Waals surface area contributed by atoms with Gasteiger partial charge in [0.1, 0.15) is 0 Å². The number of likely N-dealkylation sites (N-methyl/N-ethyl adjacent to an activating group) is 1. The van der Waals surface area contributed by atoms with E-state index in [1.807, 2.05) is 20.8 Å². The largest absolute Gasteiger partial charge is 0.394 e. The maximum Gasteiger partial charge on any atom is 0.311 e. The summed E-state index contributed by atoms with van der Waals surface area (Å²) in [6, 6.07) is -0.336. The van der Waals surface area contributed by atoms with Crippen LogP contribution in [0.2, 0.25) is 0 Å². The summed E-state index contributed by atoms with van der Waals surface area (Å²) in [5.74, 6) is -1.17. The summed E-state index contributed by atoms with van der Waals surface area (Å²) >= 11 is 0. The topological polar surface area (TPSA) is 69.6 Å². The molecule has 0 bridgehead atoms. The van der Waals surface area contributed by atoms with Gasteiger partial charge in [-0.25, -0.2) is 0 Å². The van der Waals surface area contributed by atoms with Gasteiger partial charge in [-0.2, -0.15) is 0 Å². The minimum Gasteiger partial charge on any atom is -0.394 e. The van der Waals surface area contributed by atoms with Crippen molar-refractivity contribution in [3.8, 4) is 0 Å². The molecule has 5 heteroatoms. The first-order chi connectivity index (χ1) is 7.10. The SMILES string of the molecule is CCC(CO)NC(=O)C(=O)N(CC)CC. The number of amides is 2. The van der Waals surface area contributed by atoms with E-state index in [4.69, 9.17) is 5.11 Å². The van der Waals surface area contributed by atoms with Crippen molar-refractivity contribution < 1.29 is 14.7 Å². The molecular formula is C10H20N2O3. The monoisotopic (exact) mass is 216 g/mol. The number of aliphatic hydroxyl groups is 1. The molecule has 0 aliphatic heterocycles. The Morgan fingerprint density at radius 1 is 1.27 bits per heavy atom. The first-order valence-corrected chi connectivity index (χ1v) is 5.31. The zero-order chi connectivity index (χ0) is 11.8. The fraction of sp³-hybridized carbons (Fsp3) is 0.800. The minimum absolute atomic E-state index is 0.145. The van der Waals surface area contributed by atoms with E-state index in [1.54, 1.807) is 0 Å². The number of carbonyl (C=O) groups is 2. The lowest BCUT2D eigenvalue weighted by Crippen LogP contribution is -2.47. The van der Waals surface area contributed by atoms with Crippen molar-refractivity contribution in [3.05, 3.63) is 0 Å². The van der Waals surface area contributed by atoms with Crippen LogP contribution in [0.15, 0.2) is 0 Å². The Balaban J connectivity index is 4.25. The molecular weight excluding hydrogens is 196 g/mol. The molecule has 0 radical (unpaired) electrons. The average molecular weight is 216 g/mol. The van der Waals surface area contributed by atoms with Crippen LogP contribution in [0.4, 0.5) is 0 Å². The zero-order valence-electron chi connectivity index (χ0n) is 9.62. The van der Waals surface area contributed by atoms with Crippen LogP contribution < -0.4 is 5.32 Å². The van der Waals surface area contributed by atoms with Crippen molar-refractivity contribution in [1.82, 2.24) is 10.2 Å². The Morgan fingerprint density at radius 2 is 1.80 bits per heavy atom. The van der Waals surface area contributed by atoms with Gasteiger partial charge in [0, 0.05) is 13.1 Å². The second-order valence-electron chi connectivity index (χ2n) is 3.24. The maximum absolute atomic E-state index is 11.5. The van der Waals surface area contributed by atoms with Crippen LogP contribution in [0, 0.1) is 0 Å². The molecule has 88 valence electrons. The number of rotatable bonds is 5. The number of aliphatic hydroxyl groups excluding tert-OH is 1.